The Bertz CT molecular complexity index is 879. The van der Waals surface area contributed by atoms with Crippen LogP contribution >= 0.6 is 0 Å². The van der Waals surface area contributed by atoms with Crippen LogP contribution < -0.4 is 0 Å². The second-order valence-electron chi connectivity index (χ2n) is 5.93. The van der Waals surface area contributed by atoms with Crippen LogP contribution in [0.3, 0.4) is 0 Å². The molecule has 0 saturated heterocycles. The molecule has 0 unspecified atom stereocenters. The average molecular weight is 342 g/mol. The van der Waals surface area contributed by atoms with Crippen molar-refractivity contribution < 1.29 is 18.3 Å². The smallest absolute Gasteiger partial charge is 0.187 e. The maximum absolute atomic E-state index is 14.5. The van der Waals surface area contributed by atoms with Gasteiger partial charge in [0.25, 0.3) is 0 Å². The number of aromatic hydroxyl groups is 1. The van der Waals surface area contributed by atoms with E-state index in [4.69, 9.17) is 5.11 Å². The lowest BCUT2D eigenvalue weighted by atomic mass is 9.98. The second kappa shape index (κ2) is 7.01. The molecule has 0 atom stereocenters. The van der Waals surface area contributed by atoms with Gasteiger partial charge in [-0.25, -0.2) is 13.2 Å². The van der Waals surface area contributed by atoms with Crippen molar-refractivity contribution in [3.63, 3.8) is 0 Å². The normalized spacial score (nSPS) is 10.9. The van der Waals surface area contributed by atoms with Gasteiger partial charge in [0.15, 0.2) is 17.4 Å². The first-order chi connectivity index (χ1) is 12.0. The van der Waals surface area contributed by atoms with E-state index in [0.29, 0.717) is 5.56 Å². The summed E-state index contributed by atoms with van der Waals surface area (Å²) in [5.41, 5.74) is 2.88. The number of benzene rings is 3. The molecule has 0 spiro atoms. The van der Waals surface area contributed by atoms with E-state index in [0.717, 1.165) is 30.5 Å². The molecule has 25 heavy (non-hydrogen) atoms. The van der Waals surface area contributed by atoms with Gasteiger partial charge < -0.3 is 5.11 Å². The summed E-state index contributed by atoms with van der Waals surface area (Å²) in [5, 5.41) is 9.16. The van der Waals surface area contributed by atoms with Gasteiger partial charge in [-0.1, -0.05) is 49.7 Å². The van der Waals surface area contributed by atoms with E-state index in [9.17, 15) is 13.2 Å². The SMILES string of the molecule is CCCc1ccc(-c2ccc(-c3cc(F)c(O)c(F)c3)c(F)c2)cc1. The Labute approximate surface area is 144 Å². The zero-order chi connectivity index (χ0) is 18.0. The lowest BCUT2D eigenvalue weighted by molar-refractivity contribution is 0.396. The van der Waals surface area contributed by atoms with Crippen molar-refractivity contribution >= 4 is 0 Å². The molecule has 3 rings (SSSR count). The van der Waals surface area contributed by atoms with Crippen LogP contribution in [0, 0.1) is 17.5 Å². The summed E-state index contributed by atoms with van der Waals surface area (Å²) >= 11 is 0. The lowest BCUT2D eigenvalue weighted by Crippen LogP contribution is -1.91. The van der Waals surface area contributed by atoms with Gasteiger partial charge in [0.05, 0.1) is 0 Å². The molecule has 0 aliphatic carbocycles. The van der Waals surface area contributed by atoms with Crippen molar-refractivity contribution in [3.8, 4) is 28.0 Å². The standard InChI is InChI=1S/C21H17F3O/c1-2-3-13-4-6-14(7-5-13)15-8-9-17(18(22)10-15)16-11-19(23)21(25)20(24)12-16/h4-12,25H,2-3H2,1H3. The van der Waals surface area contributed by atoms with Gasteiger partial charge in [0.2, 0.25) is 0 Å². The molecular weight excluding hydrogens is 325 g/mol. The quantitative estimate of drug-likeness (QED) is 0.608. The highest BCUT2D eigenvalue weighted by Crippen LogP contribution is 2.32. The van der Waals surface area contributed by atoms with Crippen LogP contribution in [0.4, 0.5) is 13.2 Å². The predicted octanol–water partition coefficient (Wildman–Crippen LogP) is 6.10. The van der Waals surface area contributed by atoms with Crippen LogP contribution in [0.25, 0.3) is 22.3 Å². The van der Waals surface area contributed by atoms with Gasteiger partial charge in [-0.2, -0.15) is 0 Å². The summed E-state index contributed by atoms with van der Waals surface area (Å²) in [6.07, 6.45) is 2.05. The molecule has 0 fully saturated rings. The Balaban J connectivity index is 1.96. The van der Waals surface area contributed by atoms with Crippen molar-refractivity contribution in [1.29, 1.82) is 0 Å². The van der Waals surface area contributed by atoms with E-state index in [-0.39, 0.29) is 11.1 Å². The summed E-state index contributed by atoms with van der Waals surface area (Å²) in [4.78, 5) is 0. The van der Waals surface area contributed by atoms with Crippen molar-refractivity contribution in [2.45, 2.75) is 19.8 Å². The minimum Gasteiger partial charge on any atom is -0.503 e. The first-order valence-corrected chi connectivity index (χ1v) is 8.07. The molecule has 3 aromatic carbocycles. The maximum atomic E-state index is 14.5. The minimum absolute atomic E-state index is 0.0372. The van der Waals surface area contributed by atoms with Gasteiger partial charge in [0, 0.05) is 5.56 Å². The topological polar surface area (TPSA) is 20.2 Å². The van der Waals surface area contributed by atoms with E-state index in [1.54, 1.807) is 6.07 Å². The molecule has 0 saturated carbocycles. The number of phenols is 1. The molecule has 0 heterocycles. The number of hydrogen-bond acceptors (Lipinski definition) is 1. The number of hydrogen-bond donors (Lipinski definition) is 1. The molecule has 0 radical (unpaired) electrons. The van der Waals surface area contributed by atoms with Gasteiger partial charge in [-0.3, -0.25) is 0 Å². The molecule has 1 nitrogen and oxygen atoms in total. The highest BCUT2D eigenvalue weighted by atomic mass is 19.1. The number of aryl methyl sites for hydroxylation is 1. The van der Waals surface area contributed by atoms with Crippen LogP contribution in [0.5, 0.6) is 5.75 Å². The third-order valence-electron chi connectivity index (χ3n) is 4.12. The van der Waals surface area contributed by atoms with E-state index in [1.807, 2.05) is 24.3 Å². The number of rotatable bonds is 4. The van der Waals surface area contributed by atoms with Gasteiger partial charge >= 0.3 is 0 Å². The minimum atomic E-state index is -1.12. The van der Waals surface area contributed by atoms with E-state index < -0.39 is 23.2 Å². The van der Waals surface area contributed by atoms with Gasteiger partial charge in [-0.15, -0.1) is 0 Å². The summed E-state index contributed by atoms with van der Waals surface area (Å²) in [6, 6.07) is 14.2. The first-order valence-electron chi connectivity index (χ1n) is 8.07. The Morgan fingerprint density at radius 3 is 1.84 bits per heavy atom. The fourth-order valence-electron chi connectivity index (χ4n) is 2.80. The molecule has 0 aromatic heterocycles. The lowest BCUT2D eigenvalue weighted by Gasteiger charge is -2.09. The number of phenolic OH excluding ortho intramolecular Hbond substituents is 1. The van der Waals surface area contributed by atoms with Crippen molar-refractivity contribution in [2.75, 3.05) is 0 Å². The zero-order valence-electron chi connectivity index (χ0n) is 13.7. The summed E-state index contributed by atoms with van der Waals surface area (Å²) in [7, 11) is 0. The molecular formula is C21H17F3O. The predicted molar refractivity (Wildman–Crippen MR) is 92.8 cm³/mol. The van der Waals surface area contributed by atoms with Gasteiger partial charge in [0.1, 0.15) is 5.82 Å². The first kappa shape index (κ1) is 17.1. The second-order valence-corrected chi connectivity index (χ2v) is 5.93. The monoisotopic (exact) mass is 342 g/mol. The van der Waals surface area contributed by atoms with E-state index in [1.165, 1.54) is 17.7 Å². The molecule has 0 aliphatic rings. The molecule has 0 aliphatic heterocycles. The Morgan fingerprint density at radius 1 is 0.720 bits per heavy atom. The van der Waals surface area contributed by atoms with Crippen LogP contribution in [-0.2, 0) is 6.42 Å². The maximum Gasteiger partial charge on any atom is 0.187 e. The molecule has 0 bridgehead atoms. The third kappa shape index (κ3) is 3.53. The fraction of sp³-hybridized carbons (Fsp3) is 0.143. The highest BCUT2D eigenvalue weighted by molar-refractivity contribution is 5.71. The van der Waals surface area contributed by atoms with E-state index in [2.05, 4.69) is 6.92 Å². The fourth-order valence-corrected chi connectivity index (χ4v) is 2.80. The zero-order valence-corrected chi connectivity index (χ0v) is 13.7. The molecule has 3 aromatic rings. The summed E-state index contributed by atoms with van der Waals surface area (Å²) < 4.78 is 41.5. The van der Waals surface area contributed by atoms with Crippen molar-refractivity contribution in [1.82, 2.24) is 0 Å². The molecule has 4 heteroatoms. The van der Waals surface area contributed by atoms with Crippen molar-refractivity contribution in [3.05, 3.63) is 77.6 Å². The Hall–Kier alpha value is -2.75. The van der Waals surface area contributed by atoms with Crippen LogP contribution in [0.2, 0.25) is 0 Å². The van der Waals surface area contributed by atoms with Crippen LogP contribution in [0.15, 0.2) is 54.6 Å². The van der Waals surface area contributed by atoms with E-state index >= 15 is 0 Å². The molecule has 1 N–H and O–H groups in total. The Morgan fingerprint density at radius 2 is 1.28 bits per heavy atom. The Kier molecular flexibility index (Phi) is 4.79. The number of halogens is 3. The van der Waals surface area contributed by atoms with Crippen LogP contribution in [0.1, 0.15) is 18.9 Å². The molecule has 128 valence electrons. The summed E-state index contributed by atoms with van der Waals surface area (Å²) in [6.45, 7) is 2.11. The third-order valence-corrected chi connectivity index (χ3v) is 4.12. The van der Waals surface area contributed by atoms with Crippen LogP contribution in [-0.4, -0.2) is 5.11 Å². The van der Waals surface area contributed by atoms with Crippen molar-refractivity contribution in [2.24, 2.45) is 0 Å². The summed E-state index contributed by atoms with van der Waals surface area (Å²) in [5.74, 6) is -3.89. The largest absolute Gasteiger partial charge is 0.503 e. The highest BCUT2D eigenvalue weighted by Gasteiger charge is 2.14. The van der Waals surface area contributed by atoms with Gasteiger partial charge in [-0.05, 0) is 46.9 Å². The molecule has 0 amide bonds. The average Bonchev–Trinajstić information content (AvgIpc) is 2.60.